The predicted molar refractivity (Wildman–Crippen MR) is 168 cm³/mol. The molecule has 4 aliphatic rings. The number of amides is 2. The molecule has 2 saturated heterocycles. The minimum atomic E-state index is -0.878. The van der Waals surface area contributed by atoms with Gasteiger partial charge in [0, 0.05) is 48.9 Å². The molecule has 1 aromatic rings. The lowest BCUT2D eigenvalue weighted by Gasteiger charge is -2.37. The summed E-state index contributed by atoms with van der Waals surface area (Å²) in [5.74, 6) is -1.95. The van der Waals surface area contributed by atoms with Gasteiger partial charge in [0.25, 0.3) is 5.91 Å². The number of carbonyl (C=O) groups excluding carboxylic acids is 3. The van der Waals surface area contributed by atoms with Crippen molar-refractivity contribution in [3.63, 3.8) is 0 Å². The molecule has 228 valence electrons. The summed E-state index contributed by atoms with van der Waals surface area (Å²) >= 11 is 1.59. The Balaban J connectivity index is 1.53. The number of aliphatic hydroxyl groups excluding tert-OH is 1. The first-order chi connectivity index (χ1) is 20.3. The van der Waals surface area contributed by atoms with Crippen LogP contribution < -0.4 is 9.80 Å². The first-order valence-electron chi connectivity index (χ1n) is 15.6. The SMILES string of the molecule is CCN(CC)c1ccc(N2CC=C[C@]34S[C@@]5(C)/C=C\CCCOC(=O)[C@H]5[C@H]3C(=O)N(CCCCCCO)C4C2=O)cc1. The number of benzene rings is 1. The lowest BCUT2D eigenvalue weighted by Crippen LogP contribution is -2.53. The van der Waals surface area contributed by atoms with E-state index in [4.69, 9.17) is 4.74 Å². The Morgan fingerprint density at radius 3 is 2.43 bits per heavy atom. The van der Waals surface area contributed by atoms with E-state index in [0.717, 1.165) is 63.0 Å². The molecule has 0 bridgehead atoms. The zero-order valence-electron chi connectivity index (χ0n) is 25.2. The summed E-state index contributed by atoms with van der Waals surface area (Å²) in [5.41, 5.74) is 1.91. The normalized spacial score (nSPS) is 31.4. The number of hydrogen-bond acceptors (Lipinski definition) is 7. The summed E-state index contributed by atoms with van der Waals surface area (Å²) in [7, 11) is 0. The molecule has 2 fully saturated rings. The average molecular weight is 596 g/mol. The van der Waals surface area contributed by atoms with Crippen molar-refractivity contribution >= 4 is 40.9 Å². The minimum absolute atomic E-state index is 0.110. The van der Waals surface area contributed by atoms with Crippen LogP contribution in [0.1, 0.15) is 59.3 Å². The van der Waals surface area contributed by atoms with Gasteiger partial charge in [0.1, 0.15) is 6.04 Å². The van der Waals surface area contributed by atoms with Crippen LogP contribution in [-0.2, 0) is 19.1 Å². The zero-order valence-corrected chi connectivity index (χ0v) is 26.0. The maximum atomic E-state index is 14.7. The molecule has 1 spiro atoms. The molecule has 1 aromatic carbocycles. The van der Waals surface area contributed by atoms with Crippen LogP contribution in [0.5, 0.6) is 0 Å². The number of likely N-dealkylation sites (tertiary alicyclic amines) is 1. The van der Waals surface area contributed by atoms with Crippen molar-refractivity contribution in [2.75, 3.05) is 49.2 Å². The second-order valence-electron chi connectivity index (χ2n) is 11.9. The van der Waals surface area contributed by atoms with Crippen molar-refractivity contribution in [1.29, 1.82) is 0 Å². The summed E-state index contributed by atoms with van der Waals surface area (Å²) in [6, 6.07) is 7.36. The zero-order chi connectivity index (χ0) is 29.9. The van der Waals surface area contributed by atoms with Crippen molar-refractivity contribution in [3.05, 3.63) is 48.6 Å². The Labute approximate surface area is 254 Å². The summed E-state index contributed by atoms with van der Waals surface area (Å²) in [4.78, 5) is 48.5. The minimum Gasteiger partial charge on any atom is -0.465 e. The Morgan fingerprint density at radius 1 is 0.976 bits per heavy atom. The topological polar surface area (TPSA) is 90.4 Å². The molecule has 0 radical (unpaired) electrons. The molecular weight excluding hydrogens is 550 g/mol. The Kier molecular flexibility index (Phi) is 9.38. The molecule has 5 atom stereocenters. The molecule has 9 heteroatoms. The van der Waals surface area contributed by atoms with Crippen molar-refractivity contribution in [1.82, 2.24) is 4.90 Å². The van der Waals surface area contributed by atoms with Gasteiger partial charge in [0.2, 0.25) is 5.91 Å². The van der Waals surface area contributed by atoms with E-state index in [1.807, 2.05) is 25.1 Å². The van der Waals surface area contributed by atoms with Crippen molar-refractivity contribution in [2.45, 2.75) is 74.8 Å². The van der Waals surface area contributed by atoms with Gasteiger partial charge in [-0.3, -0.25) is 14.4 Å². The lowest BCUT2D eigenvalue weighted by atomic mass is 9.74. The highest BCUT2D eigenvalue weighted by atomic mass is 32.2. The van der Waals surface area contributed by atoms with E-state index >= 15 is 0 Å². The van der Waals surface area contributed by atoms with E-state index in [-0.39, 0.29) is 24.4 Å². The van der Waals surface area contributed by atoms with Gasteiger partial charge in [-0.25, -0.2) is 0 Å². The number of allylic oxidation sites excluding steroid dienone is 1. The molecule has 5 rings (SSSR count). The van der Waals surface area contributed by atoms with Gasteiger partial charge in [0.05, 0.1) is 23.2 Å². The third kappa shape index (κ3) is 5.39. The average Bonchev–Trinajstić information content (AvgIpc) is 3.33. The molecule has 8 nitrogen and oxygen atoms in total. The fourth-order valence-electron chi connectivity index (χ4n) is 7.29. The first kappa shape index (κ1) is 30.7. The number of carbonyl (C=O) groups is 3. The fourth-order valence-corrected chi connectivity index (χ4v) is 9.44. The molecule has 0 aliphatic carbocycles. The third-order valence-electron chi connectivity index (χ3n) is 9.35. The number of aliphatic hydroxyl groups is 1. The molecule has 0 saturated carbocycles. The van der Waals surface area contributed by atoms with E-state index in [1.165, 1.54) is 0 Å². The van der Waals surface area contributed by atoms with Crippen LogP contribution in [0.25, 0.3) is 0 Å². The smallest absolute Gasteiger partial charge is 0.311 e. The second kappa shape index (κ2) is 12.8. The van der Waals surface area contributed by atoms with Gasteiger partial charge < -0.3 is 24.5 Å². The number of rotatable bonds is 10. The molecular formula is C33H45N3O5S. The third-order valence-corrected chi connectivity index (χ3v) is 11.1. The van der Waals surface area contributed by atoms with Crippen molar-refractivity contribution < 1.29 is 24.2 Å². The predicted octanol–water partition coefficient (Wildman–Crippen LogP) is 4.57. The molecule has 1 N–H and O–H groups in total. The Hall–Kier alpha value is -2.78. The second-order valence-corrected chi connectivity index (χ2v) is 13.7. The highest BCUT2D eigenvalue weighted by Crippen LogP contribution is 2.65. The molecule has 4 aliphatic heterocycles. The number of nitrogens with zero attached hydrogens (tertiary/aromatic N) is 3. The number of ether oxygens (including phenoxy) is 1. The molecule has 4 heterocycles. The maximum Gasteiger partial charge on any atom is 0.311 e. The van der Waals surface area contributed by atoms with Gasteiger partial charge in [-0.05, 0) is 70.7 Å². The summed E-state index contributed by atoms with van der Waals surface area (Å²) < 4.78 is 4.18. The van der Waals surface area contributed by atoms with E-state index in [9.17, 15) is 19.5 Å². The van der Waals surface area contributed by atoms with Crippen LogP contribution in [0.15, 0.2) is 48.6 Å². The monoisotopic (exact) mass is 595 g/mol. The van der Waals surface area contributed by atoms with Crippen LogP contribution in [-0.4, -0.2) is 82.7 Å². The van der Waals surface area contributed by atoms with E-state index in [1.54, 1.807) is 21.6 Å². The number of fused-ring (bicyclic) bond motifs is 2. The van der Waals surface area contributed by atoms with Crippen LogP contribution in [0.3, 0.4) is 0 Å². The molecule has 42 heavy (non-hydrogen) atoms. The van der Waals surface area contributed by atoms with Crippen LogP contribution in [0.2, 0.25) is 0 Å². The van der Waals surface area contributed by atoms with E-state index in [0.29, 0.717) is 19.7 Å². The fraction of sp³-hybridized carbons (Fsp3) is 0.606. The molecule has 0 aromatic heterocycles. The number of cyclic esters (lactones) is 1. The van der Waals surface area contributed by atoms with Crippen LogP contribution in [0, 0.1) is 11.8 Å². The number of unbranched alkanes of at least 4 members (excludes halogenated alkanes) is 3. The van der Waals surface area contributed by atoms with Gasteiger partial charge in [-0.1, -0.05) is 37.1 Å². The highest BCUT2D eigenvalue weighted by Gasteiger charge is 2.73. The maximum absolute atomic E-state index is 14.7. The van der Waals surface area contributed by atoms with Gasteiger partial charge in [-0.15, -0.1) is 11.8 Å². The van der Waals surface area contributed by atoms with Gasteiger partial charge in [-0.2, -0.15) is 0 Å². The highest BCUT2D eigenvalue weighted by molar-refractivity contribution is 8.02. The Bertz CT molecular complexity index is 1210. The van der Waals surface area contributed by atoms with Gasteiger partial charge in [0.15, 0.2) is 0 Å². The van der Waals surface area contributed by atoms with Gasteiger partial charge >= 0.3 is 5.97 Å². The Morgan fingerprint density at radius 2 is 1.71 bits per heavy atom. The van der Waals surface area contributed by atoms with Crippen LogP contribution >= 0.6 is 11.8 Å². The number of hydrogen-bond donors (Lipinski definition) is 1. The van der Waals surface area contributed by atoms with Crippen LogP contribution in [0.4, 0.5) is 11.4 Å². The first-order valence-corrected chi connectivity index (χ1v) is 16.4. The lowest BCUT2D eigenvalue weighted by molar-refractivity contribution is -0.154. The number of esters is 1. The number of thioether (sulfide) groups is 1. The summed E-state index contributed by atoms with van der Waals surface area (Å²) in [6.45, 7) is 9.39. The standard InChI is InChI=1S/C33H45N3O5S/c1-4-34(5-2)24-14-16-25(17-15-24)35-21-13-19-33-26(27-31(40)41-23-12-8-9-18-32(27,3)42-33)29(38)36(28(33)30(35)39)20-10-6-7-11-22-37/h9,13-19,26-28,37H,4-8,10-12,20-23H2,1-3H3/b18-9-/t26-,27+,28?,32-,33-/m0/s1. The summed E-state index contributed by atoms with van der Waals surface area (Å²) in [6.07, 6.45) is 13.0. The summed E-state index contributed by atoms with van der Waals surface area (Å²) in [5, 5.41) is 9.21. The van der Waals surface area contributed by atoms with E-state index < -0.39 is 27.4 Å². The molecule has 1 unspecified atom stereocenters. The van der Waals surface area contributed by atoms with Crippen molar-refractivity contribution in [2.24, 2.45) is 11.8 Å². The quantitative estimate of drug-likeness (QED) is 0.241. The molecule has 2 amide bonds. The van der Waals surface area contributed by atoms with E-state index in [2.05, 4.69) is 49.1 Å². The number of anilines is 2. The largest absolute Gasteiger partial charge is 0.465 e. The van der Waals surface area contributed by atoms with Crippen molar-refractivity contribution in [3.8, 4) is 0 Å².